The first-order valence-electron chi connectivity index (χ1n) is 9.92. The first kappa shape index (κ1) is 20.3. The number of hydrogen-bond acceptors (Lipinski definition) is 4. The highest BCUT2D eigenvalue weighted by Crippen LogP contribution is 2.40. The Labute approximate surface area is 187 Å². The van der Waals surface area contributed by atoms with E-state index in [1.165, 1.54) is 12.1 Å². The molecule has 32 heavy (non-hydrogen) atoms. The van der Waals surface area contributed by atoms with Crippen molar-refractivity contribution in [3.8, 4) is 5.75 Å². The molecule has 1 aromatic heterocycles. The largest absolute Gasteiger partial charge is 0.497 e. The van der Waals surface area contributed by atoms with Gasteiger partial charge in [-0.05, 0) is 47.5 Å². The number of amides is 1. The molecule has 0 N–H and O–H groups in total. The number of methoxy groups -OCH3 is 1. The van der Waals surface area contributed by atoms with Gasteiger partial charge in [-0.15, -0.1) is 0 Å². The molecule has 1 amide bonds. The molecule has 1 aliphatic heterocycles. The van der Waals surface area contributed by atoms with E-state index in [9.17, 15) is 14.0 Å². The Morgan fingerprint density at radius 1 is 1.06 bits per heavy atom. The molecule has 0 fully saturated rings. The molecule has 0 spiro atoms. The van der Waals surface area contributed by atoms with Gasteiger partial charge in [0.2, 0.25) is 5.76 Å². The van der Waals surface area contributed by atoms with Crippen molar-refractivity contribution in [2.24, 2.45) is 0 Å². The van der Waals surface area contributed by atoms with Crippen LogP contribution in [0.5, 0.6) is 5.75 Å². The van der Waals surface area contributed by atoms with E-state index in [4.69, 9.17) is 20.8 Å². The predicted octanol–water partition coefficient (Wildman–Crippen LogP) is 5.34. The van der Waals surface area contributed by atoms with Crippen LogP contribution in [0.15, 0.2) is 75.9 Å². The van der Waals surface area contributed by atoms with Crippen molar-refractivity contribution in [3.05, 3.63) is 110 Å². The minimum atomic E-state index is -0.719. The third-order valence-electron chi connectivity index (χ3n) is 5.66. The van der Waals surface area contributed by atoms with Crippen LogP contribution in [0.2, 0.25) is 5.02 Å². The fourth-order valence-corrected chi connectivity index (χ4v) is 4.29. The molecule has 4 aromatic rings. The molecule has 0 saturated carbocycles. The number of fused-ring (bicyclic) bond motifs is 2. The van der Waals surface area contributed by atoms with Crippen LogP contribution in [0.3, 0.4) is 0 Å². The van der Waals surface area contributed by atoms with Crippen molar-refractivity contribution in [2.75, 3.05) is 7.11 Å². The third kappa shape index (κ3) is 3.24. The van der Waals surface area contributed by atoms with Gasteiger partial charge in [0, 0.05) is 11.6 Å². The third-order valence-corrected chi connectivity index (χ3v) is 6.03. The Hall–Kier alpha value is -3.64. The molecule has 0 radical (unpaired) electrons. The van der Waals surface area contributed by atoms with E-state index in [1.807, 2.05) is 12.1 Å². The smallest absolute Gasteiger partial charge is 0.291 e. The standard InChI is InChI=1S/C25H17ClFNO4/c1-31-17-9-6-14(7-10-17)22-21-23(29)18-12-16(27)8-11-20(18)32-24(21)25(30)28(22)13-15-4-2-3-5-19(15)26/h2-12,22H,13H2,1H3. The predicted molar refractivity (Wildman–Crippen MR) is 119 cm³/mol. The van der Waals surface area contributed by atoms with Crippen LogP contribution in [-0.4, -0.2) is 17.9 Å². The fourth-order valence-electron chi connectivity index (χ4n) is 4.10. The van der Waals surface area contributed by atoms with E-state index in [2.05, 4.69) is 0 Å². The molecule has 0 aliphatic carbocycles. The number of ether oxygens (including phenoxy) is 1. The zero-order valence-corrected chi connectivity index (χ0v) is 17.7. The molecule has 5 nitrogen and oxygen atoms in total. The number of rotatable bonds is 4. The lowest BCUT2D eigenvalue weighted by Gasteiger charge is -2.25. The Balaban J connectivity index is 1.73. The molecule has 3 aromatic carbocycles. The highest BCUT2D eigenvalue weighted by atomic mass is 35.5. The van der Waals surface area contributed by atoms with Crippen molar-refractivity contribution >= 4 is 28.5 Å². The zero-order valence-electron chi connectivity index (χ0n) is 17.0. The summed E-state index contributed by atoms with van der Waals surface area (Å²) < 4.78 is 24.9. The van der Waals surface area contributed by atoms with Crippen LogP contribution >= 0.6 is 11.6 Å². The quantitative estimate of drug-likeness (QED) is 0.422. The second-order valence-corrected chi connectivity index (χ2v) is 7.92. The van der Waals surface area contributed by atoms with Gasteiger partial charge >= 0.3 is 0 Å². The fraction of sp³-hybridized carbons (Fsp3) is 0.120. The molecule has 7 heteroatoms. The number of nitrogens with zero attached hydrogens (tertiary/aromatic N) is 1. The molecule has 0 saturated heterocycles. The van der Waals surface area contributed by atoms with Gasteiger partial charge in [0.05, 0.1) is 24.1 Å². The van der Waals surface area contributed by atoms with E-state index < -0.39 is 23.2 Å². The normalized spacial score (nSPS) is 15.3. The van der Waals surface area contributed by atoms with Crippen LogP contribution in [0.4, 0.5) is 4.39 Å². The molecule has 1 aliphatic rings. The van der Waals surface area contributed by atoms with Gasteiger partial charge in [0.15, 0.2) is 5.43 Å². The number of carbonyl (C=O) groups excluding carboxylic acids is 1. The molecule has 1 atom stereocenters. The molecular formula is C25H17ClFNO4. The Kier molecular flexibility index (Phi) is 4.94. The van der Waals surface area contributed by atoms with Gasteiger partial charge < -0.3 is 14.1 Å². The van der Waals surface area contributed by atoms with Gasteiger partial charge in [-0.25, -0.2) is 4.39 Å². The van der Waals surface area contributed by atoms with Crippen LogP contribution in [0.1, 0.15) is 33.3 Å². The lowest BCUT2D eigenvalue weighted by Crippen LogP contribution is -2.29. The van der Waals surface area contributed by atoms with Gasteiger partial charge in [-0.3, -0.25) is 9.59 Å². The number of carbonyl (C=O) groups is 1. The van der Waals surface area contributed by atoms with E-state index in [0.717, 1.165) is 11.6 Å². The summed E-state index contributed by atoms with van der Waals surface area (Å²) in [6, 6.07) is 17.3. The van der Waals surface area contributed by atoms with Crippen LogP contribution in [0, 0.1) is 5.82 Å². The average molecular weight is 450 g/mol. The van der Waals surface area contributed by atoms with E-state index >= 15 is 0 Å². The molecule has 1 unspecified atom stereocenters. The van der Waals surface area contributed by atoms with Crippen LogP contribution in [0.25, 0.3) is 11.0 Å². The van der Waals surface area contributed by atoms with Crippen molar-refractivity contribution in [1.29, 1.82) is 0 Å². The van der Waals surface area contributed by atoms with Gasteiger partial charge in [-0.2, -0.15) is 0 Å². The monoisotopic (exact) mass is 449 g/mol. The van der Waals surface area contributed by atoms with E-state index in [0.29, 0.717) is 16.3 Å². The second-order valence-electron chi connectivity index (χ2n) is 7.51. The summed E-state index contributed by atoms with van der Waals surface area (Å²) in [5, 5.41) is 0.603. The maximum absolute atomic E-state index is 13.9. The van der Waals surface area contributed by atoms with Gasteiger partial charge in [-0.1, -0.05) is 41.9 Å². The van der Waals surface area contributed by atoms with Crippen molar-refractivity contribution in [1.82, 2.24) is 4.90 Å². The molecule has 5 rings (SSSR count). The van der Waals surface area contributed by atoms with Crippen LogP contribution in [-0.2, 0) is 6.54 Å². The van der Waals surface area contributed by atoms with Crippen molar-refractivity contribution in [2.45, 2.75) is 12.6 Å². The minimum Gasteiger partial charge on any atom is -0.497 e. The summed E-state index contributed by atoms with van der Waals surface area (Å²) in [7, 11) is 1.56. The highest BCUT2D eigenvalue weighted by Gasteiger charge is 2.42. The van der Waals surface area contributed by atoms with Gasteiger partial charge in [0.1, 0.15) is 17.1 Å². The lowest BCUT2D eigenvalue weighted by molar-refractivity contribution is 0.0714. The maximum Gasteiger partial charge on any atom is 0.291 e. The number of halogens is 2. The zero-order chi connectivity index (χ0) is 22.4. The van der Waals surface area contributed by atoms with E-state index in [1.54, 1.807) is 48.4 Å². The first-order chi connectivity index (χ1) is 15.5. The Morgan fingerprint density at radius 3 is 2.53 bits per heavy atom. The molecule has 160 valence electrons. The topological polar surface area (TPSA) is 59.8 Å². The molecular weight excluding hydrogens is 433 g/mol. The lowest BCUT2D eigenvalue weighted by atomic mass is 9.98. The number of benzene rings is 3. The minimum absolute atomic E-state index is 0.0398. The second kappa shape index (κ2) is 7.80. The summed E-state index contributed by atoms with van der Waals surface area (Å²) in [6.45, 7) is 0.170. The molecule has 0 bridgehead atoms. The maximum atomic E-state index is 13.9. The van der Waals surface area contributed by atoms with Crippen molar-refractivity contribution in [3.63, 3.8) is 0 Å². The Morgan fingerprint density at radius 2 is 1.81 bits per heavy atom. The summed E-state index contributed by atoms with van der Waals surface area (Å²) in [6.07, 6.45) is 0. The first-order valence-corrected chi connectivity index (χ1v) is 10.3. The number of hydrogen-bond donors (Lipinski definition) is 0. The summed E-state index contributed by atoms with van der Waals surface area (Å²) >= 11 is 6.35. The summed E-state index contributed by atoms with van der Waals surface area (Å²) in [5.74, 6) is -0.377. The average Bonchev–Trinajstić information content (AvgIpc) is 3.08. The van der Waals surface area contributed by atoms with Gasteiger partial charge in [0.25, 0.3) is 5.91 Å². The summed E-state index contributed by atoms with van der Waals surface area (Å²) in [4.78, 5) is 28.4. The summed E-state index contributed by atoms with van der Waals surface area (Å²) in [5.41, 5.74) is 1.35. The SMILES string of the molecule is COc1ccc(C2c3c(oc4ccc(F)cc4c3=O)C(=O)N2Cc2ccccc2Cl)cc1. The molecule has 2 heterocycles. The van der Waals surface area contributed by atoms with E-state index in [-0.39, 0.29) is 28.8 Å². The van der Waals surface area contributed by atoms with Crippen molar-refractivity contribution < 1.29 is 18.3 Å². The highest BCUT2D eigenvalue weighted by molar-refractivity contribution is 6.31. The Bertz CT molecular complexity index is 1410. The van der Waals surface area contributed by atoms with Crippen LogP contribution < -0.4 is 10.2 Å².